The maximum Gasteiger partial charge on any atom is 0.259 e. The average molecular weight is 334 g/mol. The highest BCUT2D eigenvalue weighted by molar-refractivity contribution is 6.05. The van der Waals surface area contributed by atoms with Crippen molar-refractivity contribution in [1.29, 1.82) is 0 Å². The quantitative estimate of drug-likeness (QED) is 0.595. The van der Waals surface area contributed by atoms with E-state index in [1.807, 2.05) is 56.3 Å². The predicted molar refractivity (Wildman–Crippen MR) is 95.8 cm³/mol. The van der Waals surface area contributed by atoms with E-state index in [1.165, 1.54) is 0 Å². The Bertz CT molecular complexity index is 1010. The molecule has 0 fully saturated rings. The van der Waals surface area contributed by atoms with Crippen molar-refractivity contribution in [3.63, 3.8) is 0 Å². The van der Waals surface area contributed by atoms with Crippen molar-refractivity contribution in [3.8, 4) is 0 Å². The first-order valence-corrected chi connectivity index (χ1v) is 8.07. The summed E-state index contributed by atoms with van der Waals surface area (Å²) in [6.07, 6.45) is 1.65. The fourth-order valence-corrected chi connectivity index (χ4v) is 3.02. The molecule has 0 atom stereocenters. The first kappa shape index (κ1) is 15.3. The minimum Gasteiger partial charge on any atom is -0.467 e. The lowest BCUT2D eigenvalue weighted by molar-refractivity contribution is 0.102. The molecule has 1 amide bonds. The summed E-state index contributed by atoms with van der Waals surface area (Å²) >= 11 is 0. The number of furan rings is 1. The van der Waals surface area contributed by atoms with Crippen LogP contribution in [0.5, 0.6) is 0 Å². The third-order valence-corrected chi connectivity index (χ3v) is 4.33. The second kappa shape index (κ2) is 5.98. The molecule has 126 valence electrons. The number of fused-ring (bicyclic) bond motifs is 1. The first-order chi connectivity index (χ1) is 12.1. The normalized spacial score (nSPS) is 11.1. The fraction of sp³-hybridized carbons (Fsp3) is 0.158. The summed E-state index contributed by atoms with van der Waals surface area (Å²) in [4.78, 5) is 20.2. The lowest BCUT2D eigenvalue weighted by Gasteiger charge is -2.08. The van der Waals surface area contributed by atoms with Crippen molar-refractivity contribution in [2.24, 2.45) is 0 Å². The number of para-hydroxylation sites is 2. The van der Waals surface area contributed by atoms with E-state index in [-0.39, 0.29) is 5.91 Å². The Morgan fingerprint density at radius 3 is 2.84 bits per heavy atom. The summed E-state index contributed by atoms with van der Waals surface area (Å²) in [5.41, 5.74) is 4.23. The number of hydrogen-bond donors (Lipinski definition) is 2. The van der Waals surface area contributed by atoms with Gasteiger partial charge in [-0.05, 0) is 44.2 Å². The van der Waals surface area contributed by atoms with Crippen LogP contribution in [0.15, 0.2) is 53.1 Å². The Kier molecular flexibility index (Phi) is 3.65. The molecular formula is C19H18N4O2. The molecule has 0 aliphatic heterocycles. The molecule has 0 aliphatic rings. The van der Waals surface area contributed by atoms with Crippen LogP contribution in [0.3, 0.4) is 0 Å². The molecule has 6 heteroatoms. The molecular weight excluding hydrogens is 316 g/mol. The number of aryl methyl sites for hydroxylation is 1. The minimum absolute atomic E-state index is 0.183. The molecule has 0 aliphatic carbocycles. The molecule has 0 saturated carbocycles. The number of aromatic nitrogens is 3. The average Bonchev–Trinajstić information content (AvgIpc) is 3.30. The van der Waals surface area contributed by atoms with E-state index in [9.17, 15) is 4.79 Å². The summed E-state index contributed by atoms with van der Waals surface area (Å²) in [6.45, 7) is 4.51. The zero-order chi connectivity index (χ0) is 17.4. The van der Waals surface area contributed by atoms with Crippen molar-refractivity contribution >= 4 is 22.9 Å². The maximum atomic E-state index is 12.7. The van der Waals surface area contributed by atoms with E-state index in [4.69, 9.17) is 4.42 Å². The van der Waals surface area contributed by atoms with Gasteiger partial charge in [-0.1, -0.05) is 12.1 Å². The van der Waals surface area contributed by atoms with Crippen LogP contribution >= 0.6 is 0 Å². The van der Waals surface area contributed by atoms with E-state index in [0.717, 1.165) is 28.2 Å². The van der Waals surface area contributed by atoms with Crippen molar-refractivity contribution in [1.82, 2.24) is 14.5 Å². The van der Waals surface area contributed by atoms with Gasteiger partial charge in [0.1, 0.15) is 5.76 Å². The third-order valence-electron chi connectivity index (χ3n) is 4.33. The van der Waals surface area contributed by atoms with E-state index >= 15 is 0 Å². The number of imidazole rings is 1. The summed E-state index contributed by atoms with van der Waals surface area (Å²) < 4.78 is 7.47. The Morgan fingerprint density at radius 2 is 2.08 bits per heavy atom. The van der Waals surface area contributed by atoms with Gasteiger partial charge in [0.05, 0.1) is 29.4 Å². The highest BCUT2D eigenvalue weighted by Crippen LogP contribution is 2.19. The summed E-state index contributed by atoms with van der Waals surface area (Å²) in [5, 5.41) is 2.85. The highest BCUT2D eigenvalue weighted by atomic mass is 16.3. The van der Waals surface area contributed by atoms with Crippen molar-refractivity contribution < 1.29 is 9.21 Å². The van der Waals surface area contributed by atoms with Crippen LogP contribution in [0.4, 0.5) is 5.95 Å². The number of anilines is 1. The van der Waals surface area contributed by atoms with Crippen LogP contribution in [0, 0.1) is 13.8 Å². The van der Waals surface area contributed by atoms with Crippen LogP contribution in [-0.4, -0.2) is 20.4 Å². The first-order valence-electron chi connectivity index (χ1n) is 8.07. The topological polar surface area (TPSA) is 75.8 Å². The summed E-state index contributed by atoms with van der Waals surface area (Å²) in [5.74, 6) is 1.12. The van der Waals surface area contributed by atoms with Gasteiger partial charge in [-0.15, -0.1) is 0 Å². The monoisotopic (exact) mass is 334 g/mol. The zero-order valence-corrected chi connectivity index (χ0v) is 14.0. The van der Waals surface area contributed by atoms with Gasteiger partial charge in [0.25, 0.3) is 5.91 Å². The molecule has 0 saturated heterocycles. The molecule has 3 heterocycles. The van der Waals surface area contributed by atoms with E-state index in [2.05, 4.69) is 19.9 Å². The molecule has 0 spiro atoms. The van der Waals surface area contributed by atoms with Crippen LogP contribution < -0.4 is 5.32 Å². The number of hydrogen-bond acceptors (Lipinski definition) is 3. The number of nitrogens with zero attached hydrogens (tertiary/aromatic N) is 2. The number of amides is 1. The molecule has 0 unspecified atom stereocenters. The van der Waals surface area contributed by atoms with Crippen LogP contribution in [0.1, 0.15) is 27.5 Å². The van der Waals surface area contributed by atoms with Crippen LogP contribution in [0.2, 0.25) is 0 Å². The molecule has 6 nitrogen and oxygen atoms in total. The molecule has 4 rings (SSSR count). The second-order valence-electron chi connectivity index (χ2n) is 6.01. The largest absolute Gasteiger partial charge is 0.467 e. The minimum atomic E-state index is -0.183. The summed E-state index contributed by atoms with van der Waals surface area (Å²) in [6, 6.07) is 13.3. The molecule has 0 radical (unpaired) electrons. The fourth-order valence-electron chi connectivity index (χ4n) is 3.02. The van der Waals surface area contributed by atoms with Crippen molar-refractivity contribution in [2.45, 2.75) is 20.4 Å². The van der Waals surface area contributed by atoms with E-state index in [1.54, 1.807) is 6.26 Å². The van der Waals surface area contributed by atoms with Gasteiger partial charge >= 0.3 is 0 Å². The smallest absolute Gasteiger partial charge is 0.259 e. The summed E-state index contributed by atoms with van der Waals surface area (Å²) in [7, 11) is 0. The predicted octanol–water partition coefficient (Wildman–Crippen LogP) is 3.87. The van der Waals surface area contributed by atoms with Gasteiger partial charge in [-0.3, -0.25) is 10.1 Å². The Labute approximate surface area is 144 Å². The zero-order valence-electron chi connectivity index (χ0n) is 14.0. The maximum absolute atomic E-state index is 12.7. The van der Waals surface area contributed by atoms with Gasteiger partial charge < -0.3 is 14.0 Å². The van der Waals surface area contributed by atoms with Gasteiger partial charge in [-0.25, -0.2) is 4.98 Å². The molecule has 2 N–H and O–H groups in total. The second-order valence-corrected chi connectivity index (χ2v) is 6.01. The van der Waals surface area contributed by atoms with Gasteiger partial charge in [0.15, 0.2) is 0 Å². The number of benzene rings is 1. The van der Waals surface area contributed by atoms with Gasteiger partial charge in [0.2, 0.25) is 5.95 Å². The number of carbonyl (C=O) groups excluding carboxylic acids is 1. The number of H-pyrrole nitrogens is 1. The molecule has 4 aromatic rings. The van der Waals surface area contributed by atoms with Crippen molar-refractivity contribution in [3.05, 3.63) is 71.4 Å². The Hall–Kier alpha value is -3.28. The lowest BCUT2D eigenvalue weighted by Crippen LogP contribution is -2.14. The Balaban J connectivity index is 1.59. The number of carbonyl (C=O) groups is 1. The van der Waals surface area contributed by atoms with E-state index < -0.39 is 0 Å². The number of rotatable bonds is 4. The number of aromatic amines is 1. The van der Waals surface area contributed by atoms with Crippen LogP contribution in [-0.2, 0) is 6.54 Å². The van der Waals surface area contributed by atoms with Crippen molar-refractivity contribution in [2.75, 3.05) is 5.32 Å². The third kappa shape index (κ3) is 2.82. The molecule has 0 bridgehead atoms. The lowest BCUT2D eigenvalue weighted by atomic mass is 10.2. The van der Waals surface area contributed by atoms with E-state index in [0.29, 0.717) is 18.1 Å². The molecule has 3 aromatic heterocycles. The highest BCUT2D eigenvalue weighted by Gasteiger charge is 2.17. The standard InChI is InChI=1S/C19H18N4O2/c1-12-10-15(13(2)23(12)11-14-6-5-9-25-14)18(24)22-19-20-16-7-3-4-8-17(16)21-19/h3-10H,11H2,1-2H3,(H2,20,21,22,24). The van der Waals surface area contributed by atoms with Gasteiger partial charge in [-0.2, -0.15) is 0 Å². The van der Waals surface area contributed by atoms with Gasteiger partial charge in [0, 0.05) is 11.4 Å². The van der Waals surface area contributed by atoms with Crippen LogP contribution in [0.25, 0.3) is 11.0 Å². The number of nitrogens with one attached hydrogen (secondary N) is 2. The molecule has 25 heavy (non-hydrogen) atoms. The Morgan fingerprint density at radius 1 is 1.24 bits per heavy atom. The molecule has 1 aromatic carbocycles. The SMILES string of the molecule is Cc1cc(C(=O)Nc2nc3ccccc3[nH]2)c(C)n1Cc1ccco1.